The van der Waals surface area contributed by atoms with Crippen molar-refractivity contribution < 1.29 is 9.53 Å². The number of hydrogen-bond donors (Lipinski definition) is 1. The van der Waals surface area contributed by atoms with Gasteiger partial charge in [-0.2, -0.15) is 0 Å². The van der Waals surface area contributed by atoms with Crippen molar-refractivity contribution in [1.29, 1.82) is 0 Å². The van der Waals surface area contributed by atoms with E-state index in [2.05, 4.69) is 40.0 Å². The predicted molar refractivity (Wildman–Crippen MR) is 95.1 cm³/mol. The Morgan fingerprint density at radius 1 is 1.45 bits per heavy atom. The molecule has 1 amide bonds. The number of carbonyl (C=O) groups is 1. The SMILES string of the molecule is CC(C)C(CNC(=O)/C=C/c1ccc(Br)s1)N1CCOCC1. The fourth-order valence-corrected chi connectivity index (χ4v) is 3.86. The quantitative estimate of drug-likeness (QED) is 0.763. The topological polar surface area (TPSA) is 41.6 Å². The van der Waals surface area contributed by atoms with Gasteiger partial charge in [0.1, 0.15) is 0 Å². The third-order valence-corrected chi connectivity index (χ3v) is 5.35. The molecule has 1 saturated heterocycles. The summed E-state index contributed by atoms with van der Waals surface area (Å²) >= 11 is 5.03. The molecule has 1 aromatic heterocycles. The Morgan fingerprint density at radius 3 is 2.77 bits per heavy atom. The molecule has 0 aliphatic carbocycles. The first-order chi connectivity index (χ1) is 10.6. The summed E-state index contributed by atoms with van der Waals surface area (Å²) < 4.78 is 6.47. The van der Waals surface area contributed by atoms with Gasteiger partial charge in [-0.05, 0) is 40.1 Å². The van der Waals surface area contributed by atoms with Crippen molar-refractivity contribution in [2.75, 3.05) is 32.8 Å². The van der Waals surface area contributed by atoms with Crippen molar-refractivity contribution in [2.45, 2.75) is 19.9 Å². The highest BCUT2D eigenvalue weighted by Crippen LogP contribution is 2.22. The van der Waals surface area contributed by atoms with Crippen LogP contribution in [0.25, 0.3) is 6.08 Å². The minimum absolute atomic E-state index is 0.0385. The summed E-state index contributed by atoms with van der Waals surface area (Å²) in [5.41, 5.74) is 0. The van der Waals surface area contributed by atoms with Crippen LogP contribution < -0.4 is 5.32 Å². The highest BCUT2D eigenvalue weighted by Gasteiger charge is 2.23. The van der Waals surface area contributed by atoms with E-state index in [1.54, 1.807) is 17.4 Å². The number of ether oxygens (including phenoxy) is 1. The van der Waals surface area contributed by atoms with Gasteiger partial charge in [0.2, 0.25) is 5.91 Å². The first-order valence-corrected chi connectivity index (χ1v) is 9.20. The Balaban J connectivity index is 1.83. The van der Waals surface area contributed by atoms with Crippen LogP contribution in [0.5, 0.6) is 0 Å². The average molecular weight is 387 g/mol. The lowest BCUT2D eigenvalue weighted by molar-refractivity contribution is -0.116. The summed E-state index contributed by atoms with van der Waals surface area (Å²) in [5, 5.41) is 3.02. The number of morpholine rings is 1. The number of nitrogens with zero attached hydrogens (tertiary/aromatic N) is 1. The van der Waals surface area contributed by atoms with Gasteiger partial charge in [-0.25, -0.2) is 0 Å². The van der Waals surface area contributed by atoms with E-state index in [1.807, 2.05) is 18.2 Å². The number of hydrogen-bond acceptors (Lipinski definition) is 4. The average Bonchev–Trinajstić information content (AvgIpc) is 2.92. The van der Waals surface area contributed by atoms with E-state index in [-0.39, 0.29) is 5.91 Å². The van der Waals surface area contributed by atoms with Gasteiger partial charge in [-0.3, -0.25) is 9.69 Å². The predicted octanol–water partition coefficient (Wildman–Crippen LogP) is 3.00. The highest BCUT2D eigenvalue weighted by atomic mass is 79.9. The monoisotopic (exact) mass is 386 g/mol. The van der Waals surface area contributed by atoms with Crippen LogP contribution in [0, 0.1) is 5.92 Å². The lowest BCUT2D eigenvalue weighted by Crippen LogP contribution is -2.51. The van der Waals surface area contributed by atoms with E-state index in [0.717, 1.165) is 35.0 Å². The Labute approximate surface area is 144 Å². The molecule has 1 unspecified atom stereocenters. The van der Waals surface area contributed by atoms with Gasteiger partial charge in [0.05, 0.1) is 17.0 Å². The van der Waals surface area contributed by atoms with Crippen LogP contribution in [-0.2, 0) is 9.53 Å². The Kier molecular flexibility index (Phi) is 7.08. The van der Waals surface area contributed by atoms with E-state index >= 15 is 0 Å². The van der Waals surface area contributed by atoms with Crippen molar-refractivity contribution in [3.05, 3.63) is 26.9 Å². The summed E-state index contributed by atoms with van der Waals surface area (Å²) in [4.78, 5) is 15.5. The molecular weight excluding hydrogens is 364 g/mol. The largest absolute Gasteiger partial charge is 0.379 e. The van der Waals surface area contributed by atoms with Crippen LogP contribution in [0.15, 0.2) is 22.0 Å². The molecule has 0 spiro atoms. The summed E-state index contributed by atoms with van der Waals surface area (Å²) in [6.07, 6.45) is 3.46. The van der Waals surface area contributed by atoms with Crippen LogP contribution >= 0.6 is 27.3 Å². The second kappa shape index (κ2) is 8.82. The van der Waals surface area contributed by atoms with Crippen LogP contribution in [0.2, 0.25) is 0 Å². The molecule has 6 heteroatoms. The molecule has 1 N–H and O–H groups in total. The molecule has 4 nitrogen and oxygen atoms in total. The fourth-order valence-electron chi connectivity index (χ4n) is 2.54. The first kappa shape index (κ1) is 17.7. The highest BCUT2D eigenvalue weighted by molar-refractivity contribution is 9.11. The van der Waals surface area contributed by atoms with Gasteiger partial charge in [-0.1, -0.05) is 13.8 Å². The number of amides is 1. The standard InChI is InChI=1S/C16H23BrN2O2S/c1-12(2)14(19-7-9-21-10-8-19)11-18-16(20)6-4-13-3-5-15(17)22-13/h3-6,12,14H,7-11H2,1-2H3,(H,18,20)/b6-4+. The number of nitrogens with one attached hydrogen (secondary N) is 1. The normalized spacial score (nSPS) is 18.0. The zero-order valence-electron chi connectivity index (χ0n) is 13.0. The van der Waals surface area contributed by atoms with E-state index < -0.39 is 0 Å². The molecule has 2 heterocycles. The molecule has 0 bridgehead atoms. The van der Waals surface area contributed by atoms with Crippen LogP contribution in [0.3, 0.4) is 0 Å². The molecule has 0 saturated carbocycles. The van der Waals surface area contributed by atoms with Gasteiger partial charge in [0, 0.05) is 36.6 Å². The van der Waals surface area contributed by atoms with Crippen LogP contribution in [0.1, 0.15) is 18.7 Å². The minimum atomic E-state index is -0.0385. The minimum Gasteiger partial charge on any atom is -0.379 e. The molecule has 2 rings (SSSR count). The third kappa shape index (κ3) is 5.50. The molecule has 1 aromatic rings. The van der Waals surface area contributed by atoms with Gasteiger partial charge in [-0.15, -0.1) is 11.3 Å². The Morgan fingerprint density at radius 2 is 2.18 bits per heavy atom. The Hall–Kier alpha value is -0.690. The number of halogens is 1. The summed E-state index contributed by atoms with van der Waals surface area (Å²) in [6.45, 7) is 8.52. The first-order valence-electron chi connectivity index (χ1n) is 7.59. The number of carbonyl (C=O) groups excluding carboxylic acids is 1. The zero-order chi connectivity index (χ0) is 15.9. The molecular formula is C16H23BrN2O2S. The van der Waals surface area contributed by atoms with Crippen molar-refractivity contribution in [2.24, 2.45) is 5.92 Å². The third-order valence-electron chi connectivity index (χ3n) is 3.76. The number of thiophene rings is 1. The van der Waals surface area contributed by atoms with Crippen LogP contribution in [0.4, 0.5) is 0 Å². The molecule has 122 valence electrons. The molecule has 1 aliphatic rings. The van der Waals surface area contributed by atoms with E-state index in [4.69, 9.17) is 4.74 Å². The summed E-state index contributed by atoms with van der Waals surface area (Å²) in [5.74, 6) is 0.457. The van der Waals surface area contributed by atoms with Gasteiger partial charge in [0.15, 0.2) is 0 Å². The number of rotatable bonds is 6. The fraction of sp³-hybridized carbons (Fsp3) is 0.562. The van der Waals surface area contributed by atoms with Crippen molar-refractivity contribution >= 4 is 39.2 Å². The maximum atomic E-state index is 12.0. The summed E-state index contributed by atoms with van der Waals surface area (Å²) in [6, 6.07) is 4.33. The van der Waals surface area contributed by atoms with Gasteiger partial charge in [0.25, 0.3) is 0 Å². The zero-order valence-corrected chi connectivity index (χ0v) is 15.5. The van der Waals surface area contributed by atoms with Gasteiger partial charge < -0.3 is 10.1 Å². The molecule has 22 heavy (non-hydrogen) atoms. The lowest BCUT2D eigenvalue weighted by Gasteiger charge is -2.36. The second-order valence-electron chi connectivity index (χ2n) is 5.68. The van der Waals surface area contributed by atoms with E-state index in [1.165, 1.54) is 0 Å². The van der Waals surface area contributed by atoms with Crippen molar-refractivity contribution in [3.63, 3.8) is 0 Å². The molecule has 0 radical (unpaired) electrons. The van der Waals surface area contributed by atoms with Crippen molar-refractivity contribution in [3.8, 4) is 0 Å². The van der Waals surface area contributed by atoms with Gasteiger partial charge >= 0.3 is 0 Å². The molecule has 1 fully saturated rings. The maximum Gasteiger partial charge on any atom is 0.244 e. The maximum absolute atomic E-state index is 12.0. The van der Waals surface area contributed by atoms with Crippen molar-refractivity contribution in [1.82, 2.24) is 10.2 Å². The molecule has 0 aromatic carbocycles. The van der Waals surface area contributed by atoms with E-state index in [9.17, 15) is 4.79 Å². The summed E-state index contributed by atoms with van der Waals surface area (Å²) in [7, 11) is 0. The molecule has 1 aliphatic heterocycles. The Bertz CT molecular complexity index is 510. The van der Waals surface area contributed by atoms with E-state index in [0.29, 0.717) is 18.5 Å². The smallest absolute Gasteiger partial charge is 0.244 e. The molecule has 1 atom stereocenters. The van der Waals surface area contributed by atoms with Crippen LogP contribution in [-0.4, -0.2) is 49.7 Å². The second-order valence-corrected chi connectivity index (χ2v) is 8.17. The lowest BCUT2D eigenvalue weighted by atomic mass is 10.0.